The van der Waals surface area contributed by atoms with E-state index in [4.69, 9.17) is 9.47 Å². The highest BCUT2D eigenvalue weighted by atomic mass is 79.9. The molecule has 0 aliphatic carbocycles. The van der Waals surface area contributed by atoms with Gasteiger partial charge in [0.05, 0.1) is 14.2 Å². The van der Waals surface area contributed by atoms with Crippen molar-refractivity contribution in [3.8, 4) is 11.5 Å². The Kier molecular flexibility index (Phi) is 6.01. The highest BCUT2D eigenvalue weighted by molar-refractivity contribution is 9.11. The molecule has 2 rings (SSSR count). The van der Waals surface area contributed by atoms with Crippen LogP contribution in [0.5, 0.6) is 11.5 Å². The third kappa shape index (κ3) is 3.84. The van der Waals surface area contributed by atoms with Gasteiger partial charge in [-0.3, -0.25) is 9.69 Å². The summed E-state index contributed by atoms with van der Waals surface area (Å²) < 4.78 is 12.1. The topological polar surface area (TPSA) is 51.7 Å². The van der Waals surface area contributed by atoms with Crippen molar-refractivity contribution in [2.75, 3.05) is 25.7 Å². The number of methoxy groups -OCH3 is 2. The van der Waals surface area contributed by atoms with E-state index in [1.807, 2.05) is 13.0 Å². The van der Waals surface area contributed by atoms with E-state index in [1.54, 1.807) is 43.5 Å². The van der Waals surface area contributed by atoms with Gasteiger partial charge in [-0.2, -0.15) is 0 Å². The number of hydrogen-bond donors (Lipinski definition) is 0. The van der Waals surface area contributed by atoms with Crippen molar-refractivity contribution in [3.63, 3.8) is 0 Å². The molecule has 0 saturated carbocycles. The summed E-state index contributed by atoms with van der Waals surface area (Å²) in [7, 11) is 3.09. The fraction of sp³-hybridized carbons (Fsp3) is 0.250. The number of pyridine rings is 1. The molecule has 0 fully saturated rings. The average molecular weight is 444 g/mol. The average Bonchev–Trinajstić information content (AvgIpc) is 2.57. The number of ether oxygens (including phenoxy) is 2. The minimum Gasteiger partial charge on any atom is -0.495 e. The number of halogens is 2. The van der Waals surface area contributed by atoms with Crippen LogP contribution in [0.1, 0.15) is 17.3 Å². The molecule has 1 aromatic heterocycles. The lowest BCUT2D eigenvalue weighted by Crippen LogP contribution is -2.31. The summed E-state index contributed by atoms with van der Waals surface area (Å²) in [6.07, 6.45) is 1.66. The van der Waals surface area contributed by atoms with Gasteiger partial charge in [0, 0.05) is 22.8 Å². The summed E-state index contributed by atoms with van der Waals surface area (Å²) in [6, 6.07) is 6.99. The number of anilines is 1. The van der Waals surface area contributed by atoms with Crippen LogP contribution in [0.3, 0.4) is 0 Å². The molecule has 7 heteroatoms. The Morgan fingerprint density at radius 3 is 2.22 bits per heavy atom. The molecule has 0 aliphatic rings. The highest BCUT2D eigenvalue weighted by Crippen LogP contribution is 2.36. The number of benzene rings is 1. The second kappa shape index (κ2) is 7.79. The standard InChI is InChI=1S/C16H16Br2N2O3/c1-4-20(14-6-5-11(17)9-19-14)16(21)10-7-12(22-2)15(18)13(8-10)23-3/h5-9H,4H2,1-3H3. The lowest BCUT2D eigenvalue weighted by Gasteiger charge is -2.21. The summed E-state index contributed by atoms with van der Waals surface area (Å²) in [5.74, 6) is 1.48. The Hall–Kier alpha value is -1.60. The molecule has 0 unspecified atom stereocenters. The zero-order chi connectivity index (χ0) is 17.0. The minimum absolute atomic E-state index is 0.175. The first-order valence-electron chi connectivity index (χ1n) is 6.86. The van der Waals surface area contributed by atoms with Crippen LogP contribution in [0.25, 0.3) is 0 Å². The van der Waals surface area contributed by atoms with E-state index in [1.165, 1.54) is 0 Å². The molecule has 0 aliphatic heterocycles. The normalized spacial score (nSPS) is 10.3. The van der Waals surface area contributed by atoms with E-state index in [-0.39, 0.29) is 5.91 Å². The van der Waals surface area contributed by atoms with Crippen molar-refractivity contribution in [1.82, 2.24) is 4.98 Å². The van der Waals surface area contributed by atoms with Crippen molar-refractivity contribution < 1.29 is 14.3 Å². The summed E-state index contributed by atoms with van der Waals surface area (Å²) in [5, 5.41) is 0. The summed E-state index contributed by atoms with van der Waals surface area (Å²) >= 11 is 6.74. The SMILES string of the molecule is CCN(C(=O)c1cc(OC)c(Br)c(OC)c1)c1ccc(Br)cn1. The Morgan fingerprint density at radius 2 is 1.78 bits per heavy atom. The van der Waals surface area contributed by atoms with Gasteiger partial charge in [-0.1, -0.05) is 0 Å². The Morgan fingerprint density at radius 1 is 1.17 bits per heavy atom. The molecule has 1 aromatic carbocycles. The number of aromatic nitrogens is 1. The number of hydrogen-bond acceptors (Lipinski definition) is 4. The van der Waals surface area contributed by atoms with Crippen molar-refractivity contribution in [3.05, 3.63) is 45.0 Å². The number of carbonyl (C=O) groups is 1. The Balaban J connectivity index is 2.43. The van der Waals surface area contributed by atoms with Crippen LogP contribution in [0.2, 0.25) is 0 Å². The number of rotatable bonds is 5. The smallest absolute Gasteiger partial charge is 0.259 e. The van der Waals surface area contributed by atoms with Crippen molar-refractivity contribution >= 4 is 43.6 Å². The van der Waals surface area contributed by atoms with Gasteiger partial charge in [-0.25, -0.2) is 4.98 Å². The van der Waals surface area contributed by atoms with Crippen molar-refractivity contribution in [2.45, 2.75) is 6.92 Å². The maximum atomic E-state index is 12.9. The molecule has 0 saturated heterocycles. The molecule has 0 spiro atoms. The fourth-order valence-corrected chi connectivity index (χ4v) is 2.87. The molecule has 0 radical (unpaired) electrons. The lowest BCUT2D eigenvalue weighted by molar-refractivity contribution is 0.0987. The second-order valence-electron chi connectivity index (χ2n) is 4.58. The van der Waals surface area contributed by atoms with Crippen LogP contribution in [0.15, 0.2) is 39.4 Å². The van der Waals surface area contributed by atoms with Gasteiger partial charge in [-0.15, -0.1) is 0 Å². The van der Waals surface area contributed by atoms with Gasteiger partial charge in [0.1, 0.15) is 21.8 Å². The lowest BCUT2D eigenvalue weighted by atomic mass is 10.1. The predicted octanol–water partition coefficient (Wildman–Crippen LogP) is 4.29. The predicted molar refractivity (Wildman–Crippen MR) is 96.5 cm³/mol. The molecule has 0 bridgehead atoms. The van der Waals surface area contributed by atoms with Crippen LogP contribution in [0.4, 0.5) is 5.82 Å². The van der Waals surface area contributed by atoms with Crippen LogP contribution >= 0.6 is 31.9 Å². The molecule has 5 nitrogen and oxygen atoms in total. The zero-order valence-corrected chi connectivity index (χ0v) is 16.1. The Bertz CT molecular complexity index is 680. The van der Waals surface area contributed by atoms with Gasteiger partial charge < -0.3 is 9.47 Å². The van der Waals surface area contributed by atoms with Crippen molar-refractivity contribution in [1.29, 1.82) is 0 Å². The molecule has 23 heavy (non-hydrogen) atoms. The second-order valence-corrected chi connectivity index (χ2v) is 6.29. The van der Waals surface area contributed by atoms with E-state index in [0.717, 1.165) is 4.47 Å². The first kappa shape index (κ1) is 17.7. The van der Waals surface area contributed by atoms with Gasteiger partial charge in [-0.05, 0) is 63.0 Å². The third-order valence-electron chi connectivity index (χ3n) is 3.24. The first-order valence-corrected chi connectivity index (χ1v) is 8.45. The van der Waals surface area contributed by atoms with E-state index < -0.39 is 0 Å². The van der Waals surface area contributed by atoms with Gasteiger partial charge in [0.25, 0.3) is 5.91 Å². The van der Waals surface area contributed by atoms with Gasteiger partial charge >= 0.3 is 0 Å². The summed E-state index contributed by atoms with van der Waals surface area (Å²) in [6.45, 7) is 2.39. The number of amides is 1. The van der Waals surface area contributed by atoms with E-state index in [9.17, 15) is 4.79 Å². The van der Waals surface area contributed by atoms with Crippen LogP contribution in [-0.2, 0) is 0 Å². The largest absolute Gasteiger partial charge is 0.495 e. The molecule has 0 N–H and O–H groups in total. The molecular formula is C16H16Br2N2O3. The van der Waals surface area contributed by atoms with E-state index >= 15 is 0 Å². The Labute approximate surface area is 151 Å². The van der Waals surface area contributed by atoms with Crippen LogP contribution in [-0.4, -0.2) is 31.7 Å². The van der Waals surface area contributed by atoms with E-state index in [2.05, 4.69) is 36.8 Å². The van der Waals surface area contributed by atoms with Gasteiger partial charge in [0.2, 0.25) is 0 Å². The minimum atomic E-state index is -0.175. The third-order valence-corrected chi connectivity index (χ3v) is 4.49. The first-order chi connectivity index (χ1) is 11.0. The van der Waals surface area contributed by atoms with Crippen LogP contribution in [0, 0.1) is 0 Å². The number of nitrogens with zero attached hydrogens (tertiary/aromatic N) is 2. The fourth-order valence-electron chi connectivity index (χ4n) is 2.09. The molecule has 2 aromatic rings. The maximum Gasteiger partial charge on any atom is 0.259 e. The molecule has 1 amide bonds. The van der Waals surface area contributed by atoms with Crippen LogP contribution < -0.4 is 14.4 Å². The monoisotopic (exact) mass is 442 g/mol. The summed E-state index contributed by atoms with van der Waals surface area (Å²) in [5.41, 5.74) is 0.466. The highest BCUT2D eigenvalue weighted by Gasteiger charge is 2.20. The van der Waals surface area contributed by atoms with E-state index in [0.29, 0.717) is 33.9 Å². The molecular weight excluding hydrogens is 428 g/mol. The molecule has 1 heterocycles. The maximum absolute atomic E-state index is 12.9. The van der Waals surface area contributed by atoms with Crippen molar-refractivity contribution in [2.24, 2.45) is 0 Å². The van der Waals surface area contributed by atoms with Gasteiger partial charge in [0.15, 0.2) is 0 Å². The molecule has 122 valence electrons. The zero-order valence-electron chi connectivity index (χ0n) is 13.0. The molecule has 0 atom stereocenters. The summed E-state index contributed by atoms with van der Waals surface area (Å²) in [4.78, 5) is 18.7. The quantitative estimate of drug-likeness (QED) is 0.691. The number of carbonyl (C=O) groups excluding carboxylic acids is 1.